The number of nitrogens with zero attached hydrogens (tertiary/aromatic N) is 1. The zero-order valence-corrected chi connectivity index (χ0v) is 10.1. The smallest absolute Gasteiger partial charge is 0.141 e. The van der Waals surface area contributed by atoms with Crippen LogP contribution in [0.2, 0.25) is 0 Å². The summed E-state index contributed by atoms with van der Waals surface area (Å²) < 4.78 is 0. The molecule has 0 amide bonds. The van der Waals surface area contributed by atoms with Crippen molar-refractivity contribution in [3.05, 3.63) is 30.1 Å². The fraction of sp³-hybridized carbons (Fsp3) is 0.571. The molecule has 17 heavy (non-hydrogen) atoms. The van der Waals surface area contributed by atoms with Crippen molar-refractivity contribution < 1.29 is 4.79 Å². The lowest BCUT2D eigenvalue weighted by Gasteiger charge is -2.19. The highest BCUT2D eigenvalue weighted by atomic mass is 16.1. The summed E-state index contributed by atoms with van der Waals surface area (Å²) in [5.74, 6) is 0.338. The number of Topliss-reactive ketones (excluding diaryl/α,β-unsaturated/α-hetero) is 1. The van der Waals surface area contributed by atoms with E-state index in [0.717, 1.165) is 31.2 Å². The van der Waals surface area contributed by atoms with Crippen LogP contribution < -0.4 is 5.73 Å². The molecule has 0 aliphatic heterocycles. The van der Waals surface area contributed by atoms with Crippen molar-refractivity contribution in [3.8, 4) is 0 Å². The molecule has 2 atom stereocenters. The molecular formula is C14H20N2O. The van der Waals surface area contributed by atoms with E-state index in [9.17, 15) is 4.79 Å². The van der Waals surface area contributed by atoms with Gasteiger partial charge in [-0.1, -0.05) is 25.3 Å². The molecule has 1 fully saturated rings. The molecule has 2 unspecified atom stereocenters. The third-order valence-corrected chi connectivity index (χ3v) is 3.58. The SMILES string of the molecule is NC1CCCCCC1C(=O)Cc1cccnc1. The zero-order chi connectivity index (χ0) is 12.1. The first-order valence-electron chi connectivity index (χ1n) is 6.44. The summed E-state index contributed by atoms with van der Waals surface area (Å²) in [6.07, 6.45) is 9.43. The van der Waals surface area contributed by atoms with E-state index in [2.05, 4.69) is 4.98 Å². The van der Waals surface area contributed by atoms with Crippen molar-refractivity contribution in [1.29, 1.82) is 0 Å². The molecule has 2 rings (SSSR count). The molecule has 1 heterocycles. The third-order valence-electron chi connectivity index (χ3n) is 3.58. The molecule has 1 saturated carbocycles. The topological polar surface area (TPSA) is 56.0 Å². The standard InChI is InChI=1S/C14H20N2O/c15-13-7-3-1-2-6-12(13)14(17)9-11-5-4-8-16-10-11/h4-5,8,10,12-13H,1-3,6-7,9,15H2. The maximum Gasteiger partial charge on any atom is 0.141 e. The number of carbonyl (C=O) groups excluding carboxylic acids is 1. The zero-order valence-electron chi connectivity index (χ0n) is 10.1. The summed E-state index contributed by atoms with van der Waals surface area (Å²) >= 11 is 0. The van der Waals surface area contributed by atoms with E-state index in [1.165, 1.54) is 6.42 Å². The Morgan fingerprint density at radius 1 is 1.35 bits per heavy atom. The molecule has 0 radical (unpaired) electrons. The van der Waals surface area contributed by atoms with Crippen LogP contribution in [-0.2, 0) is 11.2 Å². The van der Waals surface area contributed by atoms with Crippen molar-refractivity contribution in [3.63, 3.8) is 0 Å². The molecule has 0 bridgehead atoms. The van der Waals surface area contributed by atoms with Gasteiger partial charge in [0, 0.05) is 30.8 Å². The second kappa shape index (κ2) is 5.92. The fourth-order valence-electron chi connectivity index (χ4n) is 2.57. The Hall–Kier alpha value is -1.22. The summed E-state index contributed by atoms with van der Waals surface area (Å²) in [5, 5.41) is 0. The van der Waals surface area contributed by atoms with Gasteiger partial charge in [0.05, 0.1) is 0 Å². The van der Waals surface area contributed by atoms with Gasteiger partial charge < -0.3 is 5.73 Å². The van der Waals surface area contributed by atoms with Gasteiger partial charge >= 0.3 is 0 Å². The third kappa shape index (κ3) is 3.37. The van der Waals surface area contributed by atoms with Gasteiger partial charge in [-0.25, -0.2) is 0 Å². The van der Waals surface area contributed by atoms with Crippen LogP contribution in [-0.4, -0.2) is 16.8 Å². The number of carbonyl (C=O) groups is 1. The lowest BCUT2D eigenvalue weighted by molar-refractivity contribution is -0.123. The molecule has 0 saturated heterocycles. The predicted octanol–water partition coefficient (Wildman–Crippen LogP) is 2.10. The molecule has 0 aromatic carbocycles. The van der Waals surface area contributed by atoms with Crippen LogP contribution >= 0.6 is 0 Å². The van der Waals surface area contributed by atoms with Gasteiger partial charge in [0.25, 0.3) is 0 Å². The highest BCUT2D eigenvalue weighted by Gasteiger charge is 2.26. The van der Waals surface area contributed by atoms with Gasteiger partial charge in [-0.3, -0.25) is 9.78 Å². The summed E-state index contributed by atoms with van der Waals surface area (Å²) in [4.78, 5) is 16.3. The molecule has 1 aromatic heterocycles. The van der Waals surface area contributed by atoms with Gasteiger partial charge in [0.2, 0.25) is 0 Å². The second-order valence-corrected chi connectivity index (χ2v) is 4.91. The Morgan fingerprint density at radius 2 is 2.18 bits per heavy atom. The predicted molar refractivity (Wildman–Crippen MR) is 67.5 cm³/mol. The van der Waals surface area contributed by atoms with Gasteiger partial charge in [-0.05, 0) is 24.5 Å². The first-order chi connectivity index (χ1) is 8.27. The summed E-state index contributed by atoms with van der Waals surface area (Å²) in [6, 6.07) is 3.88. The molecule has 1 aliphatic carbocycles. The minimum absolute atomic E-state index is 0.0534. The monoisotopic (exact) mass is 232 g/mol. The molecule has 92 valence electrons. The van der Waals surface area contributed by atoms with Crippen molar-refractivity contribution >= 4 is 5.78 Å². The van der Waals surface area contributed by atoms with E-state index < -0.39 is 0 Å². The van der Waals surface area contributed by atoms with Crippen LogP contribution in [0, 0.1) is 5.92 Å². The van der Waals surface area contributed by atoms with Crippen LogP contribution in [0.5, 0.6) is 0 Å². The molecule has 1 aromatic rings. The second-order valence-electron chi connectivity index (χ2n) is 4.91. The molecule has 3 heteroatoms. The first kappa shape index (κ1) is 12.2. The van der Waals surface area contributed by atoms with Crippen molar-refractivity contribution in [2.24, 2.45) is 11.7 Å². The van der Waals surface area contributed by atoms with Crippen molar-refractivity contribution in [2.75, 3.05) is 0 Å². The average Bonchev–Trinajstić information content (AvgIpc) is 2.55. The lowest BCUT2D eigenvalue weighted by atomic mass is 9.88. The maximum atomic E-state index is 12.2. The van der Waals surface area contributed by atoms with Crippen LogP contribution in [0.3, 0.4) is 0 Å². The fourth-order valence-corrected chi connectivity index (χ4v) is 2.57. The molecule has 2 N–H and O–H groups in total. The molecule has 0 spiro atoms. The number of hydrogen-bond donors (Lipinski definition) is 1. The van der Waals surface area contributed by atoms with E-state index in [0.29, 0.717) is 6.42 Å². The maximum absolute atomic E-state index is 12.2. The van der Waals surface area contributed by atoms with E-state index in [1.54, 1.807) is 12.4 Å². The van der Waals surface area contributed by atoms with Crippen LogP contribution in [0.25, 0.3) is 0 Å². The highest BCUT2D eigenvalue weighted by Crippen LogP contribution is 2.24. The van der Waals surface area contributed by atoms with Crippen molar-refractivity contribution in [1.82, 2.24) is 4.98 Å². The number of aromatic nitrogens is 1. The van der Waals surface area contributed by atoms with Crippen LogP contribution in [0.15, 0.2) is 24.5 Å². The molecule has 3 nitrogen and oxygen atoms in total. The number of pyridine rings is 1. The number of rotatable bonds is 3. The highest BCUT2D eigenvalue weighted by molar-refractivity contribution is 5.83. The van der Waals surface area contributed by atoms with E-state index in [-0.39, 0.29) is 17.7 Å². The quantitative estimate of drug-likeness (QED) is 0.812. The van der Waals surface area contributed by atoms with Crippen molar-refractivity contribution in [2.45, 2.75) is 44.6 Å². The van der Waals surface area contributed by atoms with Gasteiger partial charge in [-0.2, -0.15) is 0 Å². The average molecular weight is 232 g/mol. The Bertz CT molecular complexity index is 364. The van der Waals surface area contributed by atoms with E-state index in [1.807, 2.05) is 12.1 Å². The van der Waals surface area contributed by atoms with Gasteiger partial charge in [0.1, 0.15) is 5.78 Å². The minimum Gasteiger partial charge on any atom is -0.327 e. The largest absolute Gasteiger partial charge is 0.327 e. The number of hydrogen-bond acceptors (Lipinski definition) is 3. The van der Waals surface area contributed by atoms with Crippen LogP contribution in [0.4, 0.5) is 0 Å². The Morgan fingerprint density at radius 3 is 2.94 bits per heavy atom. The normalized spacial score (nSPS) is 25.2. The lowest BCUT2D eigenvalue weighted by Crippen LogP contribution is -2.35. The Kier molecular flexibility index (Phi) is 4.26. The van der Waals surface area contributed by atoms with Crippen LogP contribution in [0.1, 0.15) is 37.7 Å². The van der Waals surface area contributed by atoms with Gasteiger partial charge in [0.15, 0.2) is 0 Å². The minimum atomic E-state index is 0.0534. The van der Waals surface area contributed by atoms with Gasteiger partial charge in [-0.15, -0.1) is 0 Å². The molecule has 1 aliphatic rings. The summed E-state index contributed by atoms with van der Waals surface area (Å²) in [7, 11) is 0. The summed E-state index contributed by atoms with van der Waals surface area (Å²) in [5.41, 5.74) is 7.09. The Labute approximate surface area is 102 Å². The Balaban J connectivity index is 1.99. The number of ketones is 1. The van der Waals surface area contributed by atoms with E-state index >= 15 is 0 Å². The molecular weight excluding hydrogens is 212 g/mol. The van der Waals surface area contributed by atoms with E-state index in [4.69, 9.17) is 5.73 Å². The number of nitrogens with two attached hydrogens (primary N) is 1. The summed E-state index contributed by atoms with van der Waals surface area (Å²) in [6.45, 7) is 0. The first-order valence-corrected chi connectivity index (χ1v) is 6.44.